The van der Waals surface area contributed by atoms with Crippen molar-refractivity contribution in [2.45, 2.75) is 63.3 Å². The van der Waals surface area contributed by atoms with Crippen molar-refractivity contribution in [3.8, 4) is 11.5 Å². The van der Waals surface area contributed by atoms with Gasteiger partial charge < -0.3 is 19.5 Å². The minimum atomic E-state index is -4.05. The number of carbonyl (C=O) groups excluding carboxylic acids is 1. The lowest BCUT2D eigenvalue weighted by Crippen LogP contribution is -2.29. The molecule has 0 radical (unpaired) electrons. The molecule has 10 heteroatoms. The van der Waals surface area contributed by atoms with Crippen LogP contribution in [0.3, 0.4) is 0 Å². The van der Waals surface area contributed by atoms with E-state index in [4.69, 9.17) is 14.2 Å². The van der Waals surface area contributed by atoms with Gasteiger partial charge in [-0.05, 0) is 56.9 Å². The van der Waals surface area contributed by atoms with Gasteiger partial charge in [0.1, 0.15) is 16.4 Å². The topological polar surface area (TPSA) is 103 Å². The first-order valence-electron chi connectivity index (χ1n) is 11.6. The number of anilines is 2. The van der Waals surface area contributed by atoms with Gasteiger partial charge in [-0.25, -0.2) is 8.42 Å². The summed E-state index contributed by atoms with van der Waals surface area (Å²) in [6.07, 6.45) is 3.33. The van der Waals surface area contributed by atoms with E-state index in [1.165, 1.54) is 50.2 Å². The normalized spacial score (nSPS) is 18.5. The molecule has 0 aromatic heterocycles. The van der Waals surface area contributed by atoms with E-state index >= 15 is 0 Å². The molecule has 1 aliphatic rings. The van der Waals surface area contributed by atoms with Gasteiger partial charge in [0.05, 0.1) is 18.4 Å². The second-order valence-corrected chi connectivity index (χ2v) is 10.5. The lowest BCUT2D eigenvalue weighted by Gasteiger charge is -2.26. The molecule has 2 aromatic carbocycles. The highest BCUT2D eigenvalue weighted by Gasteiger charge is 2.27. The Balaban J connectivity index is 1.76. The lowest BCUT2D eigenvalue weighted by atomic mass is 9.87. The molecule has 0 spiro atoms. The number of ether oxygens (including phenoxy) is 3. The second kappa shape index (κ2) is 11.3. The van der Waals surface area contributed by atoms with E-state index in [1.807, 2.05) is 0 Å². The first-order chi connectivity index (χ1) is 16.5. The second-order valence-electron chi connectivity index (χ2n) is 8.89. The molecule has 35 heavy (non-hydrogen) atoms. The molecule has 3 rings (SSSR count). The number of amides is 1. The Kier molecular flexibility index (Phi) is 8.60. The zero-order valence-corrected chi connectivity index (χ0v) is 21.3. The molecule has 0 bridgehead atoms. The van der Waals surface area contributed by atoms with Crippen molar-refractivity contribution >= 4 is 27.3 Å². The Bertz CT molecular complexity index is 1130. The molecule has 0 unspecified atom stereocenters. The average molecular weight is 509 g/mol. The summed E-state index contributed by atoms with van der Waals surface area (Å²) in [5.41, 5.74) is 0.657. The molecule has 192 valence electrons. The highest BCUT2D eigenvalue weighted by Crippen LogP contribution is 2.32. The van der Waals surface area contributed by atoms with Gasteiger partial charge in [0.25, 0.3) is 10.0 Å². The van der Waals surface area contributed by atoms with Crippen molar-refractivity contribution in [1.29, 1.82) is 0 Å². The van der Waals surface area contributed by atoms with Gasteiger partial charge in [-0.2, -0.15) is 4.39 Å². The highest BCUT2D eigenvalue weighted by atomic mass is 32.2. The smallest absolute Gasteiger partial charge is 0.265 e. The Labute approximate surface area is 206 Å². The number of hydrogen-bond acceptors (Lipinski definition) is 6. The summed E-state index contributed by atoms with van der Waals surface area (Å²) in [5.74, 6) is -1.85. The fourth-order valence-electron chi connectivity index (χ4n) is 3.99. The number of halogens is 1. The largest absolute Gasteiger partial charge is 0.492 e. The van der Waals surface area contributed by atoms with Crippen LogP contribution < -0.4 is 19.5 Å². The van der Waals surface area contributed by atoms with Crippen molar-refractivity contribution < 1.29 is 31.8 Å². The van der Waals surface area contributed by atoms with Gasteiger partial charge in [-0.15, -0.1) is 0 Å². The Morgan fingerprint density at radius 1 is 1.09 bits per heavy atom. The van der Waals surface area contributed by atoms with E-state index in [0.29, 0.717) is 5.69 Å². The van der Waals surface area contributed by atoms with E-state index < -0.39 is 15.9 Å². The molecule has 1 amide bonds. The van der Waals surface area contributed by atoms with Crippen LogP contribution in [0.15, 0.2) is 47.4 Å². The monoisotopic (exact) mass is 508 g/mol. The van der Waals surface area contributed by atoms with Gasteiger partial charge in [0.2, 0.25) is 11.8 Å². The van der Waals surface area contributed by atoms with E-state index in [9.17, 15) is 17.6 Å². The molecule has 2 aromatic rings. The maximum atomic E-state index is 13.8. The third-order valence-electron chi connectivity index (χ3n) is 5.63. The third-order valence-corrected chi connectivity index (χ3v) is 7.05. The molecular weight excluding hydrogens is 475 g/mol. The van der Waals surface area contributed by atoms with Crippen molar-refractivity contribution in [2.75, 3.05) is 23.8 Å². The molecular formula is C25H33FN2O6S. The number of sulfonamides is 1. The molecule has 0 heterocycles. The predicted octanol–water partition coefficient (Wildman–Crippen LogP) is 5.11. The fourth-order valence-corrected chi connectivity index (χ4v) is 5.17. The van der Waals surface area contributed by atoms with Crippen LogP contribution in [0.25, 0.3) is 0 Å². The summed E-state index contributed by atoms with van der Waals surface area (Å²) in [7, 11) is -2.37. The number of hydrogen-bond donors (Lipinski definition) is 2. The number of benzene rings is 2. The molecule has 1 fully saturated rings. The Morgan fingerprint density at radius 2 is 1.80 bits per heavy atom. The summed E-state index contributed by atoms with van der Waals surface area (Å²) in [5, 5.41) is 2.87. The lowest BCUT2D eigenvalue weighted by molar-refractivity contribution is -0.121. The standard InChI is InChI=1S/C25H33FN2O6S/c1-5-33-22-16-18(27-24(29)17-9-12-20(32-4)13-10-17)11-14-23(22)35(30,31)28-19-7-6-8-21(15-19)34-25(2,3)26/h6-8,11,14-17,20,28H,5,9-10,12-13H2,1-4H3,(H,27,29)/t17-,20+. The Hall–Kier alpha value is -2.85. The minimum absolute atomic E-state index is 0.0879. The minimum Gasteiger partial charge on any atom is -0.492 e. The van der Waals surface area contributed by atoms with Gasteiger partial charge in [0, 0.05) is 44.7 Å². The van der Waals surface area contributed by atoms with Crippen LogP contribution in [0.2, 0.25) is 0 Å². The number of rotatable bonds is 10. The first kappa shape index (κ1) is 26.7. The molecule has 8 nitrogen and oxygen atoms in total. The highest BCUT2D eigenvalue weighted by molar-refractivity contribution is 7.92. The molecule has 1 saturated carbocycles. The van der Waals surface area contributed by atoms with E-state index in [2.05, 4.69) is 10.0 Å². The number of methoxy groups -OCH3 is 1. The number of alkyl halides is 1. The Morgan fingerprint density at radius 3 is 2.43 bits per heavy atom. The molecule has 0 saturated heterocycles. The van der Waals surface area contributed by atoms with Crippen LogP contribution in [0.5, 0.6) is 11.5 Å². The fraction of sp³-hybridized carbons (Fsp3) is 0.480. The number of nitrogens with one attached hydrogen (secondary N) is 2. The van der Waals surface area contributed by atoms with Gasteiger partial charge in [-0.3, -0.25) is 9.52 Å². The van der Waals surface area contributed by atoms with Crippen molar-refractivity contribution in [3.05, 3.63) is 42.5 Å². The van der Waals surface area contributed by atoms with Crippen molar-refractivity contribution in [3.63, 3.8) is 0 Å². The van der Waals surface area contributed by atoms with Gasteiger partial charge in [0.15, 0.2) is 0 Å². The van der Waals surface area contributed by atoms with Crippen LogP contribution in [0, 0.1) is 5.92 Å². The zero-order chi connectivity index (χ0) is 25.6. The maximum Gasteiger partial charge on any atom is 0.265 e. The van der Waals surface area contributed by atoms with Crippen molar-refractivity contribution in [2.24, 2.45) is 5.92 Å². The summed E-state index contributed by atoms with van der Waals surface area (Å²) < 4.78 is 58.7. The summed E-state index contributed by atoms with van der Waals surface area (Å²) in [6, 6.07) is 10.4. The maximum absolute atomic E-state index is 13.8. The van der Waals surface area contributed by atoms with Gasteiger partial charge >= 0.3 is 0 Å². The summed E-state index contributed by atoms with van der Waals surface area (Å²) in [6.45, 7) is 4.48. The van der Waals surface area contributed by atoms with Gasteiger partial charge in [-0.1, -0.05) is 6.07 Å². The average Bonchev–Trinajstić information content (AvgIpc) is 2.78. The number of carbonyl (C=O) groups is 1. The van der Waals surface area contributed by atoms with Crippen molar-refractivity contribution in [1.82, 2.24) is 0 Å². The molecule has 1 aliphatic carbocycles. The van der Waals surface area contributed by atoms with Crippen LogP contribution in [0.4, 0.5) is 15.8 Å². The van der Waals surface area contributed by atoms with Crippen LogP contribution >= 0.6 is 0 Å². The zero-order valence-electron chi connectivity index (χ0n) is 20.5. The quantitative estimate of drug-likeness (QED) is 0.462. The SMILES string of the molecule is CCOc1cc(NC(=O)[C@H]2CC[C@@H](OC)CC2)ccc1S(=O)(=O)Nc1cccc(OC(C)(C)F)c1. The summed E-state index contributed by atoms with van der Waals surface area (Å²) in [4.78, 5) is 12.6. The molecule has 0 aliphatic heterocycles. The van der Waals surface area contributed by atoms with Crippen LogP contribution in [-0.2, 0) is 19.6 Å². The summed E-state index contributed by atoms with van der Waals surface area (Å²) >= 11 is 0. The van der Waals surface area contributed by atoms with Crippen LogP contribution in [0.1, 0.15) is 46.5 Å². The van der Waals surface area contributed by atoms with E-state index in [1.54, 1.807) is 20.1 Å². The van der Waals surface area contributed by atoms with Crippen LogP contribution in [-0.4, -0.2) is 40.0 Å². The third kappa shape index (κ3) is 7.57. The van der Waals surface area contributed by atoms with E-state index in [0.717, 1.165) is 25.7 Å². The molecule has 2 N–H and O–H groups in total. The molecule has 0 atom stereocenters. The predicted molar refractivity (Wildman–Crippen MR) is 132 cm³/mol. The first-order valence-corrected chi connectivity index (χ1v) is 13.1. The van der Waals surface area contributed by atoms with E-state index in [-0.39, 0.29) is 46.6 Å².